The zero-order chi connectivity index (χ0) is 13.9. The second-order valence-corrected chi connectivity index (χ2v) is 5.93. The largest absolute Gasteiger partial charge is 0.475 e. The Hall–Kier alpha value is -1.65. The fourth-order valence-corrected chi connectivity index (χ4v) is 3.01. The minimum absolute atomic E-state index is 0.0980. The summed E-state index contributed by atoms with van der Waals surface area (Å²) in [5.74, 6) is 0.400. The zero-order valence-electron chi connectivity index (χ0n) is 11.7. The van der Waals surface area contributed by atoms with Crippen molar-refractivity contribution in [3.63, 3.8) is 0 Å². The molecule has 0 saturated heterocycles. The van der Waals surface area contributed by atoms with Crippen LogP contribution in [-0.4, -0.2) is 33.6 Å². The van der Waals surface area contributed by atoms with Crippen molar-refractivity contribution in [2.45, 2.75) is 51.0 Å². The first-order valence-electron chi connectivity index (χ1n) is 7.57. The average molecular weight is 275 g/mol. The summed E-state index contributed by atoms with van der Waals surface area (Å²) in [7, 11) is 0. The Kier molecular flexibility index (Phi) is 3.85. The molecule has 2 aliphatic rings. The quantitative estimate of drug-likeness (QED) is 0.895. The molecular formula is C15H21N3O2. The fourth-order valence-electron chi connectivity index (χ4n) is 3.01. The predicted molar refractivity (Wildman–Crippen MR) is 75.9 cm³/mol. The minimum atomic E-state index is -1.05. The summed E-state index contributed by atoms with van der Waals surface area (Å²) >= 11 is 0. The van der Waals surface area contributed by atoms with Crippen molar-refractivity contribution in [2.75, 3.05) is 11.4 Å². The molecule has 1 aromatic rings. The van der Waals surface area contributed by atoms with E-state index >= 15 is 0 Å². The van der Waals surface area contributed by atoms with Crippen LogP contribution in [0.2, 0.25) is 0 Å². The van der Waals surface area contributed by atoms with Gasteiger partial charge in [-0.1, -0.05) is 19.3 Å². The minimum Gasteiger partial charge on any atom is -0.475 e. The van der Waals surface area contributed by atoms with E-state index in [2.05, 4.69) is 14.9 Å². The Morgan fingerprint density at radius 3 is 2.65 bits per heavy atom. The first-order chi connectivity index (χ1) is 9.74. The van der Waals surface area contributed by atoms with Gasteiger partial charge < -0.3 is 10.0 Å². The van der Waals surface area contributed by atoms with Crippen LogP contribution in [0.5, 0.6) is 0 Å². The van der Waals surface area contributed by atoms with Crippen LogP contribution >= 0.6 is 0 Å². The lowest BCUT2D eigenvalue weighted by molar-refractivity contribution is 0.0683. The SMILES string of the molecule is O=C(O)c1nccc(N(CC2CC2)C2CCCCC2)n1. The highest BCUT2D eigenvalue weighted by atomic mass is 16.4. The van der Waals surface area contributed by atoms with E-state index in [0.717, 1.165) is 18.3 Å². The summed E-state index contributed by atoms with van der Waals surface area (Å²) in [4.78, 5) is 21.4. The summed E-state index contributed by atoms with van der Waals surface area (Å²) in [6.07, 6.45) is 10.4. The van der Waals surface area contributed by atoms with Gasteiger partial charge in [0.1, 0.15) is 5.82 Å². The maximum absolute atomic E-state index is 11.0. The predicted octanol–water partition coefficient (Wildman–Crippen LogP) is 2.72. The molecule has 108 valence electrons. The van der Waals surface area contributed by atoms with Crippen molar-refractivity contribution in [3.8, 4) is 0 Å². The zero-order valence-corrected chi connectivity index (χ0v) is 11.7. The molecule has 0 aromatic carbocycles. The molecule has 0 aliphatic heterocycles. The molecule has 1 N–H and O–H groups in total. The number of nitrogens with zero attached hydrogens (tertiary/aromatic N) is 3. The number of carboxylic acid groups (broad SMARTS) is 1. The lowest BCUT2D eigenvalue weighted by Crippen LogP contribution is -2.39. The Bertz CT molecular complexity index is 482. The number of carbonyl (C=O) groups is 1. The van der Waals surface area contributed by atoms with Gasteiger partial charge in [-0.15, -0.1) is 0 Å². The Morgan fingerprint density at radius 1 is 1.25 bits per heavy atom. The molecule has 2 fully saturated rings. The number of hydrogen-bond donors (Lipinski definition) is 1. The summed E-state index contributed by atoms with van der Waals surface area (Å²) < 4.78 is 0. The highest BCUT2D eigenvalue weighted by Crippen LogP contribution is 2.34. The van der Waals surface area contributed by atoms with Gasteiger partial charge in [-0.05, 0) is 37.7 Å². The van der Waals surface area contributed by atoms with Crippen molar-refractivity contribution >= 4 is 11.8 Å². The third-order valence-corrected chi connectivity index (χ3v) is 4.29. The molecule has 1 heterocycles. The molecule has 0 atom stereocenters. The second kappa shape index (κ2) is 5.77. The first-order valence-corrected chi connectivity index (χ1v) is 7.57. The van der Waals surface area contributed by atoms with Crippen LogP contribution in [0.15, 0.2) is 12.3 Å². The molecule has 2 aliphatic carbocycles. The van der Waals surface area contributed by atoms with Gasteiger partial charge in [-0.25, -0.2) is 14.8 Å². The molecule has 20 heavy (non-hydrogen) atoms. The van der Waals surface area contributed by atoms with Gasteiger partial charge in [-0.2, -0.15) is 0 Å². The van der Waals surface area contributed by atoms with E-state index in [0.29, 0.717) is 6.04 Å². The molecule has 0 bridgehead atoms. The van der Waals surface area contributed by atoms with Gasteiger partial charge in [-0.3, -0.25) is 0 Å². The van der Waals surface area contributed by atoms with Crippen LogP contribution in [0.4, 0.5) is 5.82 Å². The lowest BCUT2D eigenvalue weighted by Gasteiger charge is -2.35. The van der Waals surface area contributed by atoms with E-state index in [1.165, 1.54) is 44.9 Å². The van der Waals surface area contributed by atoms with Crippen molar-refractivity contribution < 1.29 is 9.90 Å². The number of aromatic nitrogens is 2. The van der Waals surface area contributed by atoms with Crippen LogP contribution in [0, 0.1) is 5.92 Å². The third-order valence-electron chi connectivity index (χ3n) is 4.29. The van der Waals surface area contributed by atoms with E-state index in [4.69, 9.17) is 5.11 Å². The topological polar surface area (TPSA) is 66.3 Å². The van der Waals surface area contributed by atoms with Gasteiger partial charge >= 0.3 is 5.97 Å². The highest BCUT2D eigenvalue weighted by molar-refractivity contribution is 5.83. The van der Waals surface area contributed by atoms with Crippen LogP contribution in [0.25, 0.3) is 0 Å². The monoisotopic (exact) mass is 275 g/mol. The molecule has 0 radical (unpaired) electrons. The van der Waals surface area contributed by atoms with Crippen molar-refractivity contribution in [1.29, 1.82) is 0 Å². The van der Waals surface area contributed by atoms with Crippen LogP contribution in [-0.2, 0) is 0 Å². The number of anilines is 1. The third kappa shape index (κ3) is 3.08. The van der Waals surface area contributed by atoms with Crippen molar-refractivity contribution in [1.82, 2.24) is 9.97 Å². The maximum Gasteiger partial charge on any atom is 0.374 e. The molecule has 2 saturated carbocycles. The average Bonchev–Trinajstić information content (AvgIpc) is 3.30. The molecule has 5 nitrogen and oxygen atoms in total. The molecular weight excluding hydrogens is 254 g/mol. The highest BCUT2D eigenvalue weighted by Gasteiger charge is 2.30. The normalized spacial score (nSPS) is 19.8. The van der Waals surface area contributed by atoms with Gasteiger partial charge in [0.2, 0.25) is 5.82 Å². The molecule has 0 unspecified atom stereocenters. The van der Waals surface area contributed by atoms with Crippen molar-refractivity contribution in [3.05, 3.63) is 18.1 Å². The standard InChI is InChI=1S/C15H21N3O2/c19-15(20)14-16-9-8-13(17-14)18(10-11-6-7-11)12-4-2-1-3-5-12/h8-9,11-12H,1-7,10H2,(H,19,20). The Balaban J connectivity index is 1.83. The second-order valence-electron chi connectivity index (χ2n) is 5.93. The smallest absolute Gasteiger partial charge is 0.374 e. The van der Waals surface area contributed by atoms with Gasteiger partial charge in [0.05, 0.1) is 0 Å². The molecule has 1 aromatic heterocycles. The Morgan fingerprint density at radius 2 is 2.00 bits per heavy atom. The van der Waals surface area contributed by atoms with Gasteiger partial charge in [0.25, 0.3) is 0 Å². The fraction of sp³-hybridized carbons (Fsp3) is 0.667. The maximum atomic E-state index is 11.0. The van der Waals surface area contributed by atoms with Crippen LogP contribution in [0.1, 0.15) is 55.6 Å². The number of hydrogen-bond acceptors (Lipinski definition) is 4. The molecule has 5 heteroatoms. The van der Waals surface area contributed by atoms with Crippen molar-refractivity contribution in [2.24, 2.45) is 5.92 Å². The van der Waals surface area contributed by atoms with E-state index in [1.807, 2.05) is 6.07 Å². The Labute approximate surface area is 119 Å². The molecule has 0 spiro atoms. The van der Waals surface area contributed by atoms with Gasteiger partial charge in [0.15, 0.2) is 0 Å². The van der Waals surface area contributed by atoms with E-state index < -0.39 is 5.97 Å². The summed E-state index contributed by atoms with van der Waals surface area (Å²) in [5, 5.41) is 9.05. The molecule has 3 rings (SSSR count). The number of rotatable bonds is 5. The van der Waals surface area contributed by atoms with E-state index in [1.54, 1.807) is 6.20 Å². The van der Waals surface area contributed by atoms with Crippen LogP contribution in [0.3, 0.4) is 0 Å². The number of aromatic carboxylic acids is 1. The van der Waals surface area contributed by atoms with Crippen LogP contribution < -0.4 is 4.90 Å². The lowest BCUT2D eigenvalue weighted by atomic mass is 9.94. The number of carboxylic acids is 1. The van der Waals surface area contributed by atoms with Gasteiger partial charge in [0, 0.05) is 18.8 Å². The van der Waals surface area contributed by atoms with E-state index in [-0.39, 0.29) is 5.82 Å². The summed E-state index contributed by atoms with van der Waals surface area (Å²) in [5.41, 5.74) is 0. The summed E-state index contributed by atoms with van der Waals surface area (Å²) in [6, 6.07) is 2.37. The molecule has 0 amide bonds. The summed E-state index contributed by atoms with van der Waals surface area (Å²) in [6.45, 7) is 1.01. The van der Waals surface area contributed by atoms with E-state index in [9.17, 15) is 4.79 Å². The first kappa shape index (κ1) is 13.3.